The van der Waals surface area contributed by atoms with Crippen LogP contribution in [0.2, 0.25) is 0 Å². The minimum atomic E-state index is -3.72. The molecule has 0 bridgehead atoms. The first-order chi connectivity index (χ1) is 13.7. The van der Waals surface area contributed by atoms with Crippen LogP contribution in [0.15, 0.2) is 70.0 Å². The highest BCUT2D eigenvalue weighted by Crippen LogP contribution is 2.22. The topological polar surface area (TPSA) is 119 Å². The summed E-state index contributed by atoms with van der Waals surface area (Å²) in [5.74, 6) is 0.345. The summed E-state index contributed by atoms with van der Waals surface area (Å²) in [4.78, 5) is 23.7. The Morgan fingerprint density at radius 1 is 0.966 bits per heavy atom. The number of amides is 1. The molecular formula is C21H20N2O5S. The second-order valence-electron chi connectivity index (χ2n) is 6.49. The van der Waals surface area contributed by atoms with Crippen molar-refractivity contribution in [3.05, 3.63) is 77.6 Å². The van der Waals surface area contributed by atoms with Crippen LogP contribution in [-0.4, -0.2) is 26.7 Å². The zero-order chi connectivity index (χ0) is 21.0. The first-order valence-corrected chi connectivity index (χ1v) is 10.4. The molecular weight excluding hydrogens is 392 g/mol. The first kappa shape index (κ1) is 20.5. The van der Waals surface area contributed by atoms with Crippen LogP contribution in [0.25, 0.3) is 11.3 Å². The van der Waals surface area contributed by atoms with Crippen LogP contribution in [0, 0.1) is 0 Å². The highest BCUT2D eigenvalue weighted by molar-refractivity contribution is 7.89. The largest absolute Gasteiger partial charge is 0.451 e. The third-order valence-electron chi connectivity index (χ3n) is 4.36. The molecule has 29 heavy (non-hydrogen) atoms. The van der Waals surface area contributed by atoms with Crippen molar-refractivity contribution in [2.24, 2.45) is 5.14 Å². The number of furan rings is 1. The minimum absolute atomic E-state index is 0.0182. The molecule has 3 rings (SSSR count). The number of hydrogen-bond donors (Lipinski definition) is 2. The molecule has 0 radical (unpaired) electrons. The Hall–Kier alpha value is -3.23. The molecule has 1 amide bonds. The van der Waals surface area contributed by atoms with Crippen LogP contribution in [0.4, 0.5) is 0 Å². The molecule has 0 spiro atoms. The van der Waals surface area contributed by atoms with E-state index in [1.54, 1.807) is 48.5 Å². The van der Waals surface area contributed by atoms with Gasteiger partial charge in [0.25, 0.3) is 5.91 Å². The molecule has 8 heteroatoms. The smallest absolute Gasteiger partial charge is 0.287 e. The van der Waals surface area contributed by atoms with Crippen LogP contribution >= 0.6 is 0 Å². The van der Waals surface area contributed by atoms with E-state index in [1.165, 1.54) is 19.1 Å². The summed E-state index contributed by atoms with van der Waals surface area (Å²) in [7, 11) is -3.72. The van der Waals surface area contributed by atoms with Crippen LogP contribution in [-0.2, 0) is 16.4 Å². The van der Waals surface area contributed by atoms with Crippen LogP contribution < -0.4 is 10.5 Å². The SMILES string of the molecule is CC(=O)c1ccc(-c2ccc(C(=O)NCCc3ccc(S(N)(=O)=O)cc3)o2)cc1. The fourth-order valence-electron chi connectivity index (χ4n) is 2.74. The van der Waals surface area contributed by atoms with Gasteiger partial charge in [-0.1, -0.05) is 36.4 Å². The Bertz CT molecular complexity index is 1130. The maximum atomic E-state index is 12.3. The molecule has 0 saturated carbocycles. The number of rotatable bonds is 7. The van der Waals surface area contributed by atoms with E-state index in [-0.39, 0.29) is 22.3 Å². The van der Waals surface area contributed by atoms with Gasteiger partial charge >= 0.3 is 0 Å². The maximum Gasteiger partial charge on any atom is 0.287 e. The van der Waals surface area contributed by atoms with Crippen LogP contribution in [0.5, 0.6) is 0 Å². The molecule has 150 valence electrons. The lowest BCUT2D eigenvalue weighted by Gasteiger charge is -2.05. The van der Waals surface area contributed by atoms with E-state index in [0.717, 1.165) is 11.1 Å². The van der Waals surface area contributed by atoms with Gasteiger partial charge in [0.05, 0.1) is 4.90 Å². The quantitative estimate of drug-likeness (QED) is 0.578. The normalized spacial score (nSPS) is 11.2. The van der Waals surface area contributed by atoms with Crippen molar-refractivity contribution in [1.29, 1.82) is 0 Å². The Balaban J connectivity index is 1.57. The number of carbonyl (C=O) groups excluding carboxylic acids is 2. The zero-order valence-corrected chi connectivity index (χ0v) is 16.5. The highest BCUT2D eigenvalue weighted by Gasteiger charge is 2.12. The van der Waals surface area contributed by atoms with E-state index in [0.29, 0.717) is 24.3 Å². The number of primary sulfonamides is 1. The molecule has 0 aliphatic carbocycles. The average molecular weight is 412 g/mol. The van der Waals surface area contributed by atoms with Gasteiger partial charge in [0.1, 0.15) is 5.76 Å². The maximum absolute atomic E-state index is 12.3. The van der Waals surface area contributed by atoms with Gasteiger partial charge in [0.15, 0.2) is 11.5 Å². The second kappa shape index (κ2) is 8.42. The number of nitrogens with one attached hydrogen (secondary N) is 1. The number of hydrogen-bond acceptors (Lipinski definition) is 5. The molecule has 3 N–H and O–H groups in total. The number of sulfonamides is 1. The molecule has 7 nitrogen and oxygen atoms in total. The number of benzene rings is 2. The molecule has 0 saturated heterocycles. The third kappa shape index (κ3) is 5.18. The zero-order valence-electron chi connectivity index (χ0n) is 15.7. The molecule has 1 aromatic heterocycles. The average Bonchev–Trinajstić information content (AvgIpc) is 3.18. The second-order valence-corrected chi connectivity index (χ2v) is 8.05. The molecule has 0 aliphatic rings. The Morgan fingerprint density at radius 3 is 2.21 bits per heavy atom. The fraction of sp³-hybridized carbons (Fsp3) is 0.143. The number of nitrogens with two attached hydrogens (primary N) is 1. The van der Waals surface area contributed by atoms with Crippen molar-refractivity contribution >= 4 is 21.7 Å². The first-order valence-electron chi connectivity index (χ1n) is 8.85. The summed E-state index contributed by atoms with van der Waals surface area (Å²) in [6.07, 6.45) is 0.525. The van der Waals surface area contributed by atoms with Gasteiger partial charge in [-0.2, -0.15) is 0 Å². The monoisotopic (exact) mass is 412 g/mol. The summed E-state index contributed by atoms with van der Waals surface area (Å²) >= 11 is 0. The summed E-state index contributed by atoms with van der Waals surface area (Å²) in [5, 5.41) is 7.83. The van der Waals surface area contributed by atoms with E-state index in [1.807, 2.05) is 0 Å². The van der Waals surface area contributed by atoms with E-state index in [2.05, 4.69) is 5.32 Å². The van der Waals surface area contributed by atoms with E-state index in [4.69, 9.17) is 9.56 Å². The van der Waals surface area contributed by atoms with Crippen molar-refractivity contribution in [1.82, 2.24) is 5.32 Å². The molecule has 0 unspecified atom stereocenters. The fourth-order valence-corrected chi connectivity index (χ4v) is 3.25. The van der Waals surface area contributed by atoms with Gasteiger partial charge in [-0.25, -0.2) is 13.6 Å². The van der Waals surface area contributed by atoms with Gasteiger partial charge in [-0.05, 0) is 43.2 Å². The van der Waals surface area contributed by atoms with E-state index >= 15 is 0 Å². The summed E-state index contributed by atoms with van der Waals surface area (Å²) in [5.41, 5.74) is 2.24. The minimum Gasteiger partial charge on any atom is -0.451 e. The molecule has 1 heterocycles. The van der Waals surface area contributed by atoms with Crippen LogP contribution in [0.1, 0.15) is 33.4 Å². The predicted molar refractivity (Wildman–Crippen MR) is 108 cm³/mol. The number of carbonyl (C=O) groups is 2. The molecule has 0 atom stereocenters. The Kier molecular flexibility index (Phi) is 5.95. The van der Waals surface area contributed by atoms with Gasteiger partial charge < -0.3 is 9.73 Å². The predicted octanol–water partition coefficient (Wildman–Crippen LogP) is 2.77. The lowest BCUT2D eigenvalue weighted by atomic mass is 10.1. The lowest BCUT2D eigenvalue weighted by Crippen LogP contribution is -2.25. The molecule has 3 aromatic rings. The molecule has 2 aromatic carbocycles. The van der Waals surface area contributed by atoms with Crippen molar-refractivity contribution in [3.63, 3.8) is 0 Å². The lowest BCUT2D eigenvalue weighted by molar-refractivity contribution is 0.0926. The summed E-state index contributed by atoms with van der Waals surface area (Å²) < 4.78 is 28.1. The van der Waals surface area contributed by atoms with Crippen molar-refractivity contribution in [3.8, 4) is 11.3 Å². The van der Waals surface area contributed by atoms with Gasteiger partial charge in [0, 0.05) is 17.7 Å². The standard InChI is InChI=1S/C21H20N2O5S/c1-14(24)16-4-6-17(7-5-16)19-10-11-20(28-19)21(25)23-13-12-15-2-8-18(9-3-15)29(22,26)27/h2-11H,12-13H2,1H3,(H,23,25)(H2,22,26,27). The van der Waals surface area contributed by atoms with E-state index in [9.17, 15) is 18.0 Å². The van der Waals surface area contributed by atoms with E-state index < -0.39 is 10.0 Å². The molecule has 0 aliphatic heterocycles. The third-order valence-corrected chi connectivity index (χ3v) is 5.29. The summed E-state index contributed by atoms with van der Waals surface area (Å²) in [6, 6.07) is 16.4. The Morgan fingerprint density at radius 2 is 1.62 bits per heavy atom. The van der Waals surface area contributed by atoms with Crippen molar-refractivity contribution in [2.45, 2.75) is 18.2 Å². The summed E-state index contributed by atoms with van der Waals surface area (Å²) in [6.45, 7) is 1.86. The highest BCUT2D eigenvalue weighted by atomic mass is 32.2. The number of ketones is 1. The Labute approximate surface area is 168 Å². The van der Waals surface area contributed by atoms with Gasteiger partial charge in [0.2, 0.25) is 10.0 Å². The van der Waals surface area contributed by atoms with Crippen LogP contribution in [0.3, 0.4) is 0 Å². The van der Waals surface area contributed by atoms with Gasteiger partial charge in [-0.3, -0.25) is 9.59 Å². The van der Waals surface area contributed by atoms with Crippen molar-refractivity contribution in [2.75, 3.05) is 6.54 Å². The van der Waals surface area contributed by atoms with Gasteiger partial charge in [-0.15, -0.1) is 0 Å². The molecule has 0 fully saturated rings. The van der Waals surface area contributed by atoms with Crippen molar-refractivity contribution < 1.29 is 22.4 Å². The number of Topliss-reactive ketones (excluding diaryl/α,β-unsaturated/α-hetero) is 1.